The molecule has 0 aliphatic carbocycles. The van der Waals surface area contributed by atoms with Crippen molar-refractivity contribution in [2.24, 2.45) is 5.73 Å². The maximum Gasteiger partial charge on any atom is 0.253 e. The Morgan fingerprint density at radius 3 is 2.84 bits per heavy atom. The molecule has 0 spiro atoms. The maximum atomic E-state index is 12.5. The minimum absolute atomic E-state index is 0.123. The minimum Gasteiger partial charge on any atom is -0.336 e. The topological polar surface area (TPSA) is 49.6 Å². The van der Waals surface area contributed by atoms with Crippen LogP contribution in [0.2, 0.25) is 0 Å². The van der Waals surface area contributed by atoms with Crippen LogP contribution < -0.4 is 5.73 Å². The Balaban J connectivity index is 2.07. The van der Waals surface area contributed by atoms with Crippen LogP contribution >= 0.6 is 0 Å². The molecular formula is C15H23N3O. The third-order valence-electron chi connectivity index (χ3n) is 3.87. The van der Waals surface area contributed by atoms with Gasteiger partial charge in [-0.2, -0.15) is 0 Å². The predicted molar refractivity (Wildman–Crippen MR) is 76.9 cm³/mol. The highest BCUT2D eigenvalue weighted by atomic mass is 16.2. The maximum absolute atomic E-state index is 12.5. The first-order valence-corrected chi connectivity index (χ1v) is 6.98. The smallest absolute Gasteiger partial charge is 0.253 e. The number of amides is 1. The number of nitrogens with zero attached hydrogens (tertiary/aromatic N) is 2. The van der Waals surface area contributed by atoms with E-state index >= 15 is 0 Å². The monoisotopic (exact) mass is 261 g/mol. The van der Waals surface area contributed by atoms with Crippen LogP contribution in [0.3, 0.4) is 0 Å². The van der Waals surface area contributed by atoms with E-state index in [9.17, 15) is 4.79 Å². The predicted octanol–water partition coefficient (Wildman–Crippen LogP) is 1.31. The summed E-state index contributed by atoms with van der Waals surface area (Å²) in [6.07, 6.45) is 0. The Hall–Kier alpha value is -1.39. The molecule has 1 atom stereocenters. The molecule has 1 aliphatic rings. The zero-order valence-electron chi connectivity index (χ0n) is 11.8. The summed E-state index contributed by atoms with van der Waals surface area (Å²) in [7, 11) is 0. The zero-order chi connectivity index (χ0) is 13.8. The normalized spacial score (nSPS) is 20.6. The van der Waals surface area contributed by atoms with Crippen LogP contribution in [0.25, 0.3) is 0 Å². The van der Waals surface area contributed by atoms with Gasteiger partial charge in [0.05, 0.1) is 0 Å². The molecule has 4 nitrogen and oxygen atoms in total. The molecule has 0 bridgehead atoms. The third kappa shape index (κ3) is 3.14. The average molecular weight is 261 g/mol. The first-order valence-electron chi connectivity index (χ1n) is 6.98. The van der Waals surface area contributed by atoms with E-state index < -0.39 is 0 Å². The molecule has 0 aromatic heterocycles. The highest BCUT2D eigenvalue weighted by Gasteiger charge is 2.26. The Bertz CT molecular complexity index is 447. The van der Waals surface area contributed by atoms with Crippen LogP contribution in [0.4, 0.5) is 0 Å². The molecule has 1 saturated heterocycles. The summed E-state index contributed by atoms with van der Waals surface area (Å²) in [6, 6.07) is 8.06. The molecule has 19 heavy (non-hydrogen) atoms. The zero-order valence-corrected chi connectivity index (χ0v) is 11.8. The summed E-state index contributed by atoms with van der Waals surface area (Å²) < 4.78 is 0. The fraction of sp³-hybridized carbons (Fsp3) is 0.533. The van der Waals surface area contributed by atoms with Crippen molar-refractivity contribution in [2.45, 2.75) is 26.4 Å². The number of likely N-dealkylation sites (N-methyl/N-ethyl adjacent to an activating group) is 1. The van der Waals surface area contributed by atoms with Crippen LogP contribution in [0.1, 0.15) is 29.8 Å². The van der Waals surface area contributed by atoms with E-state index in [0.29, 0.717) is 12.6 Å². The van der Waals surface area contributed by atoms with Crippen LogP contribution in [-0.4, -0.2) is 47.9 Å². The highest BCUT2D eigenvalue weighted by molar-refractivity contribution is 5.94. The summed E-state index contributed by atoms with van der Waals surface area (Å²) in [5, 5.41) is 0. The molecule has 1 aromatic rings. The molecule has 1 fully saturated rings. The van der Waals surface area contributed by atoms with E-state index in [1.165, 1.54) is 0 Å². The number of rotatable bonds is 3. The van der Waals surface area contributed by atoms with Gasteiger partial charge in [0.1, 0.15) is 0 Å². The van der Waals surface area contributed by atoms with Gasteiger partial charge in [-0.3, -0.25) is 9.69 Å². The molecule has 104 valence electrons. The number of benzene rings is 1. The van der Waals surface area contributed by atoms with Crippen molar-refractivity contribution in [3.05, 3.63) is 35.4 Å². The largest absolute Gasteiger partial charge is 0.336 e. The minimum atomic E-state index is 0.123. The molecule has 2 N–H and O–H groups in total. The van der Waals surface area contributed by atoms with E-state index in [2.05, 4.69) is 18.7 Å². The molecule has 4 heteroatoms. The number of carbonyl (C=O) groups excluding carboxylic acids is 1. The number of hydrogen-bond donors (Lipinski definition) is 1. The van der Waals surface area contributed by atoms with Crippen molar-refractivity contribution < 1.29 is 4.79 Å². The lowest BCUT2D eigenvalue weighted by molar-refractivity contribution is 0.0528. The van der Waals surface area contributed by atoms with Crippen molar-refractivity contribution in [1.82, 2.24) is 9.80 Å². The molecule has 1 amide bonds. The SMILES string of the molecule is CCN1CCN(C(=O)c2cccc(CN)c2)CC1C. The van der Waals surface area contributed by atoms with Crippen molar-refractivity contribution in [1.29, 1.82) is 0 Å². The van der Waals surface area contributed by atoms with Gasteiger partial charge in [0, 0.05) is 37.8 Å². The second kappa shape index (κ2) is 6.17. The fourth-order valence-electron chi connectivity index (χ4n) is 2.66. The van der Waals surface area contributed by atoms with Gasteiger partial charge < -0.3 is 10.6 Å². The van der Waals surface area contributed by atoms with Gasteiger partial charge in [0.25, 0.3) is 5.91 Å². The average Bonchev–Trinajstić information content (AvgIpc) is 2.46. The van der Waals surface area contributed by atoms with Crippen molar-refractivity contribution >= 4 is 5.91 Å². The number of piperazine rings is 1. The Kier molecular flexibility index (Phi) is 4.56. The molecule has 2 rings (SSSR count). The first-order chi connectivity index (χ1) is 9.15. The number of carbonyl (C=O) groups is 1. The lowest BCUT2D eigenvalue weighted by Crippen LogP contribution is -2.53. The Morgan fingerprint density at radius 2 is 2.21 bits per heavy atom. The summed E-state index contributed by atoms with van der Waals surface area (Å²) in [4.78, 5) is 16.8. The summed E-state index contributed by atoms with van der Waals surface area (Å²) in [5.74, 6) is 0.123. The van der Waals surface area contributed by atoms with E-state index in [4.69, 9.17) is 5.73 Å². The van der Waals surface area contributed by atoms with Gasteiger partial charge >= 0.3 is 0 Å². The summed E-state index contributed by atoms with van der Waals surface area (Å²) in [5.41, 5.74) is 7.38. The molecule has 0 radical (unpaired) electrons. The second-order valence-electron chi connectivity index (χ2n) is 5.13. The van der Waals surface area contributed by atoms with Gasteiger partial charge in [0.2, 0.25) is 0 Å². The lowest BCUT2D eigenvalue weighted by Gasteiger charge is -2.39. The van der Waals surface area contributed by atoms with Crippen LogP contribution in [0.5, 0.6) is 0 Å². The van der Waals surface area contributed by atoms with Gasteiger partial charge in [-0.25, -0.2) is 0 Å². The fourth-order valence-corrected chi connectivity index (χ4v) is 2.66. The molecule has 1 unspecified atom stereocenters. The third-order valence-corrected chi connectivity index (χ3v) is 3.87. The number of nitrogens with two attached hydrogens (primary N) is 1. The second-order valence-corrected chi connectivity index (χ2v) is 5.13. The summed E-state index contributed by atoms with van der Waals surface area (Å²) in [6.45, 7) is 8.44. The molecule has 1 aromatic carbocycles. The van der Waals surface area contributed by atoms with Crippen LogP contribution in [-0.2, 0) is 6.54 Å². The molecule has 1 aliphatic heterocycles. The van der Waals surface area contributed by atoms with E-state index in [-0.39, 0.29) is 5.91 Å². The lowest BCUT2D eigenvalue weighted by atomic mass is 10.1. The van der Waals surface area contributed by atoms with E-state index in [1.807, 2.05) is 29.2 Å². The van der Waals surface area contributed by atoms with Gasteiger partial charge in [-0.1, -0.05) is 19.1 Å². The molecule has 1 heterocycles. The van der Waals surface area contributed by atoms with Gasteiger partial charge in [0.15, 0.2) is 0 Å². The van der Waals surface area contributed by atoms with E-state index in [1.54, 1.807) is 0 Å². The quantitative estimate of drug-likeness (QED) is 0.892. The van der Waals surface area contributed by atoms with Gasteiger partial charge in [-0.05, 0) is 31.2 Å². The van der Waals surface area contributed by atoms with Gasteiger partial charge in [-0.15, -0.1) is 0 Å². The highest BCUT2D eigenvalue weighted by Crippen LogP contribution is 2.14. The standard InChI is InChI=1S/C15H23N3O/c1-3-17-7-8-18(11-12(17)2)15(19)14-6-4-5-13(9-14)10-16/h4-6,9,12H,3,7-8,10-11,16H2,1-2H3. The van der Waals surface area contributed by atoms with Crippen molar-refractivity contribution in [3.63, 3.8) is 0 Å². The van der Waals surface area contributed by atoms with E-state index in [0.717, 1.165) is 37.3 Å². The molecular weight excluding hydrogens is 238 g/mol. The van der Waals surface area contributed by atoms with Crippen LogP contribution in [0, 0.1) is 0 Å². The van der Waals surface area contributed by atoms with Crippen LogP contribution in [0.15, 0.2) is 24.3 Å². The molecule has 0 saturated carbocycles. The van der Waals surface area contributed by atoms with Crippen molar-refractivity contribution in [2.75, 3.05) is 26.2 Å². The summed E-state index contributed by atoms with van der Waals surface area (Å²) >= 11 is 0. The Labute approximate surface area is 115 Å². The first kappa shape index (κ1) is 14.0. The number of hydrogen-bond acceptors (Lipinski definition) is 3. The Morgan fingerprint density at radius 1 is 1.42 bits per heavy atom. The van der Waals surface area contributed by atoms with Crippen molar-refractivity contribution in [3.8, 4) is 0 Å².